The van der Waals surface area contributed by atoms with Crippen LogP contribution in [0.4, 0.5) is 0 Å². The highest BCUT2D eigenvalue weighted by Crippen LogP contribution is 2.66. The summed E-state index contributed by atoms with van der Waals surface area (Å²) >= 11 is 0. The third kappa shape index (κ3) is 4.51. The molecule has 39 heavy (non-hydrogen) atoms. The minimum atomic E-state index is -0.145. The topological polar surface area (TPSA) is 71.2 Å². The van der Waals surface area contributed by atoms with Gasteiger partial charge < -0.3 is 10.0 Å². The van der Waals surface area contributed by atoms with Gasteiger partial charge >= 0.3 is 0 Å². The molecule has 1 aromatic heterocycles. The van der Waals surface area contributed by atoms with Crippen LogP contribution in [0.3, 0.4) is 0 Å². The minimum Gasteiger partial charge on any atom is -0.392 e. The highest BCUT2D eigenvalue weighted by Gasteiger charge is 2.61. The Hall–Kier alpha value is -2.99. The molecule has 5 fully saturated rings. The minimum absolute atomic E-state index is 0.0161. The van der Waals surface area contributed by atoms with Crippen molar-refractivity contribution < 1.29 is 9.90 Å². The standard InChI is InChI=1S/C33H40N4O2/c1-23-5-7-28(8-6-23)32-16-26-13-27(17-32)19-33(18-26,22-32)31(39)36-11-9-24(10-12-36)14-29-20-37(35-34-29)30-4-2-3-25(15-30)21-38/h2-8,15,20,24,26-27,38H,9-14,16-19,21-22H2,1H3. The second-order valence-corrected chi connectivity index (χ2v) is 13.3. The van der Waals surface area contributed by atoms with Gasteiger partial charge in [0.1, 0.15) is 0 Å². The van der Waals surface area contributed by atoms with E-state index in [2.05, 4.69) is 46.4 Å². The Bertz CT molecular complexity index is 1340. The predicted octanol–water partition coefficient (Wildman–Crippen LogP) is 5.39. The van der Waals surface area contributed by atoms with Crippen molar-refractivity contribution in [2.45, 2.75) is 76.7 Å². The molecule has 1 saturated heterocycles. The van der Waals surface area contributed by atoms with Crippen molar-refractivity contribution in [2.24, 2.45) is 23.2 Å². The van der Waals surface area contributed by atoms with Crippen molar-refractivity contribution in [1.29, 1.82) is 0 Å². The summed E-state index contributed by atoms with van der Waals surface area (Å²) in [6.07, 6.45) is 12.1. The van der Waals surface area contributed by atoms with E-state index in [1.165, 1.54) is 30.4 Å². The Labute approximate surface area is 231 Å². The molecule has 2 unspecified atom stereocenters. The van der Waals surface area contributed by atoms with E-state index in [0.717, 1.165) is 68.6 Å². The summed E-state index contributed by atoms with van der Waals surface area (Å²) in [5.41, 5.74) is 5.63. The van der Waals surface area contributed by atoms with Crippen LogP contribution in [0.25, 0.3) is 5.69 Å². The van der Waals surface area contributed by atoms with Gasteiger partial charge in [-0.25, -0.2) is 4.68 Å². The number of nitrogens with zero attached hydrogens (tertiary/aromatic N) is 4. The second-order valence-electron chi connectivity index (χ2n) is 13.3. The van der Waals surface area contributed by atoms with Crippen LogP contribution < -0.4 is 0 Å². The highest BCUT2D eigenvalue weighted by molar-refractivity contribution is 5.84. The monoisotopic (exact) mass is 524 g/mol. The number of aliphatic hydroxyl groups excluding tert-OH is 1. The first-order valence-electron chi connectivity index (χ1n) is 14.9. The Morgan fingerprint density at radius 1 is 1.03 bits per heavy atom. The van der Waals surface area contributed by atoms with Gasteiger partial charge in [-0.05, 0) is 111 Å². The van der Waals surface area contributed by atoms with Gasteiger partial charge in [-0.3, -0.25) is 4.79 Å². The zero-order valence-electron chi connectivity index (χ0n) is 23.1. The zero-order chi connectivity index (χ0) is 26.6. The molecule has 6 nitrogen and oxygen atoms in total. The van der Waals surface area contributed by atoms with Crippen LogP contribution in [0.1, 0.15) is 73.8 Å². The maximum Gasteiger partial charge on any atom is 0.228 e. The number of benzene rings is 2. The molecule has 2 heterocycles. The molecule has 4 bridgehead atoms. The molecule has 1 N–H and O–H groups in total. The first-order chi connectivity index (χ1) is 18.9. The van der Waals surface area contributed by atoms with Gasteiger partial charge in [-0.2, -0.15) is 0 Å². The average molecular weight is 525 g/mol. The number of carbonyl (C=O) groups is 1. The van der Waals surface area contributed by atoms with E-state index in [-0.39, 0.29) is 17.4 Å². The number of hydrogen-bond acceptors (Lipinski definition) is 4. The van der Waals surface area contributed by atoms with Crippen LogP contribution in [0.15, 0.2) is 54.7 Å². The molecule has 0 radical (unpaired) electrons. The number of carbonyl (C=O) groups excluding carboxylic acids is 1. The lowest BCUT2D eigenvalue weighted by atomic mass is 9.42. The van der Waals surface area contributed by atoms with Crippen LogP contribution in [-0.2, 0) is 23.2 Å². The van der Waals surface area contributed by atoms with Crippen LogP contribution in [0, 0.1) is 30.1 Å². The molecule has 0 spiro atoms. The van der Waals surface area contributed by atoms with Gasteiger partial charge in [-0.15, -0.1) is 5.10 Å². The Morgan fingerprint density at radius 3 is 2.49 bits per heavy atom. The van der Waals surface area contributed by atoms with Gasteiger partial charge in [0.25, 0.3) is 0 Å². The Morgan fingerprint density at radius 2 is 1.77 bits per heavy atom. The largest absolute Gasteiger partial charge is 0.392 e. The summed E-state index contributed by atoms with van der Waals surface area (Å²) in [4.78, 5) is 16.5. The molecule has 4 saturated carbocycles. The molecule has 6 heteroatoms. The molecule has 1 amide bonds. The number of hydrogen-bond donors (Lipinski definition) is 1. The van der Waals surface area contributed by atoms with E-state index < -0.39 is 0 Å². The molecule has 204 valence electrons. The number of rotatable bonds is 6. The molecule has 4 aliphatic carbocycles. The lowest BCUT2D eigenvalue weighted by Gasteiger charge is -2.62. The number of amides is 1. The fourth-order valence-electron chi connectivity index (χ4n) is 9.04. The van der Waals surface area contributed by atoms with Crippen LogP contribution in [-0.4, -0.2) is 44.0 Å². The van der Waals surface area contributed by atoms with Gasteiger partial charge in [-0.1, -0.05) is 47.2 Å². The van der Waals surface area contributed by atoms with E-state index in [0.29, 0.717) is 23.7 Å². The Kier molecular flexibility index (Phi) is 6.14. The normalized spacial score (nSPS) is 30.2. The summed E-state index contributed by atoms with van der Waals surface area (Å²) in [7, 11) is 0. The molecule has 2 atom stereocenters. The van der Waals surface area contributed by atoms with Crippen molar-refractivity contribution in [3.05, 3.63) is 77.1 Å². The van der Waals surface area contributed by atoms with Crippen molar-refractivity contribution in [3.8, 4) is 5.69 Å². The first kappa shape index (κ1) is 25.0. The lowest BCUT2D eigenvalue weighted by molar-refractivity contribution is -0.161. The van der Waals surface area contributed by atoms with Crippen LogP contribution in [0.2, 0.25) is 0 Å². The van der Waals surface area contributed by atoms with Crippen molar-refractivity contribution in [3.63, 3.8) is 0 Å². The number of piperidine rings is 1. The summed E-state index contributed by atoms with van der Waals surface area (Å²) < 4.78 is 1.80. The third-order valence-corrected chi connectivity index (χ3v) is 10.5. The number of aliphatic hydroxyl groups is 1. The fraction of sp³-hybridized carbons (Fsp3) is 0.545. The molecular weight excluding hydrogens is 484 g/mol. The van der Waals surface area contributed by atoms with Gasteiger partial charge in [0.2, 0.25) is 5.91 Å². The molecular formula is C33H40N4O2. The molecule has 5 aliphatic rings. The van der Waals surface area contributed by atoms with Gasteiger partial charge in [0.05, 0.1) is 29.6 Å². The average Bonchev–Trinajstić information content (AvgIpc) is 3.41. The van der Waals surface area contributed by atoms with E-state index in [1.54, 1.807) is 4.68 Å². The molecule has 8 rings (SSSR count). The highest BCUT2D eigenvalue weighted by atomic mass is 16.3. The SMILES string of the molecule is Cc1ccc(C23CC4CC(CC(C(=O)N5CCC(Cc6cn(-c7cccc(CO)c7)nn6)CC5)(C4)C2)C3)cc1. The van der Waals surface area contributed by atoms with Gasteiger partial charge in [0, 0.05) is 13.1 Å². The maximum absolute atomic E-state index is 14.2. The summed E-state index contributed by atoms with van der Waals surface area (Å²) in [5, 5.41) is 18.2. The van der Waals surface area contributed by atoms with E-state index in [9.17, 15) is 9.90 Å². The number of aryl methyl sites for hydroxylation is 1. The maximum atomic E-state index is 14.2. The number of likely N-dealkylation sites (tertiary alicyclic amines) is 1. The zero-order valence-corrected chi connectivity index (χ0v) is 23.1. The second kappa shape index (κ2) is 9.58. The van der Waals surface area contributed by atoms with Crippen LogP contribution >= 0.6 is 0 Å². The predicted molar refractivity (Wildman–Crippen MR) is 150 cm³/mol. The smallest absolute Gasteiger partial charge is 0.228 e. The van der Waals surface area contributed by atoms with E-state index in [1.807, 2.05) is 30.5 Å². The molecule has 1 aliphatic heterocycles. The van der Waals surface area contributed by atoms with Gasteiger partial charge in [0.15, 0.2) is 0 Å². The number of aromatic nitrogens is 3. The fourth-order valence-corrected chi connectivity index (χ4v) is 9.04. The Balaban J connectivity index is 1.01. The quantitative estimate of drug-likeness (QED) is 0.470. The van der Waals surface area contributed by atoms with E-state index in [4.69, 9.17) is 0 Å². The third-order valence-electron chi connectivity index (χ3n) is 10.5. The van der Waals surface area contributed by atoms with E-state index >= 15 is 0 Å². The van der Waals surface area contributed by atoms with Crippen LogP contribution in [0.5, 0.6) is 0 Å². The molecule has 3 aromatic rings. The molecule has 2 aromatic carbocycles. The summed E-state index contributed by atoms with van der Waals surface area (Å²) in [6.45, 7) is 3.91. The summed E-state index contributed by atoms with van der Waals surface area (Å²) in [5.74, 6) is 2.39. The van der Waals surface area contributed by atoms with Crippen molar-refractivity contribution >= 4 is 5.91 Å². The van der Waals surface area contributed by atoms with Crippen molar-refractivity contribution in [1.82, 2.24) is 19.9 Å². The lowest BCUT2D eigenvalue weighted by Crippen LogP contribution is -2.60. The summed E-state index contributed by atoms with van der Waals surface area (Å²) in [6, 6.07) is 17.0. The first-order valence-corrected chi connectivity index (χ1v) is 14.9. The van der Waals surface area contributed by atoms with Crippen molar-refractivity contribution in [2.75, 3.05) is 13.1 Å².